The third kappa shape index (κ3) is 2.68. The Morgan fingerprint density at radius 2 is 1.71 bits per heavy atom. The summed E-state index contributed by atoms with van der Waals surface area (Å²) in [4.78, 5) is 12.1. The zero-order valence-corrected chi connectivity index (χ0v) is 12.0. The number of carbonyl (C=O) groups is 1. The Hall–Kier alpha value is -0.480. The van der Waals surface area contributed by atoms with Gasteiger partial charge in [-0.25, -0.2) is 0 Å². The van der Waals surface area contributed by atoms with Crippen LogP contribution in [0.15, 0.2) is 33.4 Å². The second-order valence-electron chi connectivity index (χ2n) is 3.18. The van der Waals surface area contributed by atoms with Crippen molar-refractivity contribution >= 4 is 56.5 Å². The molecular formula is C11H4BrCl3O2. The van der Waals surface area contributed by atoms with Gasteiger partial charge in [0.15, 0.2) is 10.4 Å². The fourth-order valence-electron chi connectivity index (χ4n) is 1.32. The summed E-state index contributed by atoms with van der Waals surface area (Å²) in [5.41, 5.74) is 0.180. The van der Waals surface area contributed by atoms with Gasteiger partial charge in [0.25, 0.3) is 0 Å². The van der Waals surface area contributed by atoms with Gasteiger partial charge in [0, 0.05) is 5.02 Å². The van der Waals surface area contributed by atoms with Crippen molar-refractivity contribution < 1.29 is 9.21 Å². The van der Waals surface area contributed by atoms with Crippen molar-refractivity contribution in [3.8, 4) is 0 Å². The Morgan fingerprint density at radius 1 is 1.12 bits per heavy atom. The summed E-state index contributed by atoms with van der Waals surface area (Å²) in [7, 11) is 0. The van der Waals surface area contributed by atoms with Gasteiger partial charge in [0.05, 0.1) is 15.6 Å². The molecule has 0 saturated carbocycles. The molecule has 0 N–H and O–H groups in total. The molecule has 0 saturated heterocycles. The normalized spacial score (nSPS) is 10.6. The number of rotatable bonds is 2. The van der Waals surface area contributed by atoms with Crippen molar-refractivity contribution in [2.24, 2.45) is 0 Å². The fraction of sp³-hybridized carbons (Fsp3) is 0. The van der Waals surface area contributed by atoms with Gasteiger partial charge < -0.3 is 4.42 Å². The molecule has 2 nitrogen and oxygen atoms in total. The first-order chi connectivity index (χ1) is 7.99. The highest BCUT2D eigenvalue weighted by Gasteiger charge is 2.20. The lowest BCUT2D eigenvalue weighted by molar-refractivity contribution is 0.101. The van der Waals surface area contributed by atoms with Crippen molar-refractivity contribution in [2.45, 2.75) is 0 Å². The molecule has 0 spiro atoms. The second-order valence-corrected chi connectivity index (χ2v) is 5.21. The van der Waals surface area contributed by atoms with Gasteiger partial charge in [0.2, 0.25) is 5.78 Å². The lowest BCUT2D eigenvalue weighted by Gasteiger charge is -2.04. The Kier molecular flexibility index (Phi) is 3.83. The van der Waals surface area contributed by atoms with Gasteiger partial charge >= 0.3 is 0 Å². The topological polar surface area (TPSA) is 30.2 Å². The predicted octanol–water partition coefficient (Wildman–Crippen LogP) is 5.23. The molecule has 1 heterocycles. The van der Waals surface area contributed by atoms with Crippen LogP contribution in [0.4, 0.5) is 0 Å². The monoisotopic (exact) mass is 352 g/mol. The molecule has 0 radical (unpaired) electrons. The number of hydrogen-bond donors (Lipinski definition) is 0. The van der Waals surface area contributed by atoms with Crippen LogP contribution in [0.5, 0.6) is 0 Å². The maximum Gasteiger partial charge on any atom is 0.231 e. The minimum absolute atomic E-state index is 0.156. The van der Waals surface area contributed by atoms with Crippen molar-refractivity contribution in [1.82, 2.24) is 0 Å². The smallest absolute Gasteiger partial charge is 0.231 e. The van der Waals surface area contributed by atoms with Crippen LogP contribution >= 0.6 is 50.7 Å². The molecule has 6 heteroatoms. The van der Waals surface area contributed by atoms with E-state index in [2.05, 4.69) is 15.9 Å². The van der Waals surface area contributed by atoms with Gasteiger partial charge in [0.1, 0.15) is 0 Å². The van der Waals surface area contributed by atoms with Crippen molar-refractivity contribution in [1.29, 1.82) is 0 Å². The quantitative estimate of drug-likeness (QED) is 0.691. The number of carbonyl (C=O) groups excluding carboxylic acids is 1. The van der Waals surface area contributed by atoms with Gasteiger partial charge in [-0.2, -0.15) is 0 Å². The van der Waals surface area contributed by atoms with Crippen LogP contribution in [0, 0.1) is 0 Å². The molecule has 0 aliphatic carbocycles. The van der Waals surface area contributed by atoms with Crippen LogP contribution < -0.4 is 0 Å². The maximum atomic E-state index is 12.1. The largest absolute Gasteiger partial charge is 0.446 e. The Labute approximate surface area is 121 Å². The fourth-order valence-corrected chi connectivity index (χ4v) is 2.61. The number of benzene rings is 1. The number of hydrogen-bond acceptors (Lipinski definition) is 2. The van der Waals surface area contributed by atoms with Crippen LogP contribution in [0.2, 0.25) is 15.1 Å². The van der Waals surface area contributed by atoms with Crippen LogP contribution in [0.3, 0.4) is 0 Å². The van der Waals surface area contributed by atoms with Gasteiger partial charge in [-0.15, -0.1) is 0 Å². The first-order valence-corrected chi connectivity index (χ1v) is 6.36. The summed E-state index contributed by atoms with van der Waals surface area (Å²) in [5.74, 6) is -0.231. The van der Waals surface area contributed by atoms with Crippen LogP contribution in [0.25, 0.3) is 0 Å². The molecule has 0 atom stereocenters. The lowest BCUT2D eigenvalue weighted by atomic mass is 10.1. The molecule has 1 aromatic heterocycles. The Morgan fingerprint density at radius 3 is 2.18 bits per heavy atom. The summed E-state index contributed by atoms with van der Waals surface area (Å²) >= 11 is 20.8. The molecule has 0 aliphatic rings. The van der Waals surface area contributed by atoms with E-state index in [1.54, 1.807) is 6.07 Å². The SMILES string of the molecule is O=C(c1ccc(Br)o1)c1c(Cl)cc(Cl)cc1Cl. The van der Waals surface area contributed by atoms with Crippen molar-refractivity contribution in [3.05, 3.63) is 55.3 Å². The molecule has 0 amide bonds. The molecule has 17 heavy (non-hydrogen) atoms. The van der Waals surface area contributed by atoms with E-state index in [4.69, 9.17) is 39.2 Å². The van der Waals surface area contributed by atoms with Crippen LogP contribution in [-0.2, 0) is 0 Å². The Bertz CT molecular complexity index is 569. The molecule has 1 aromatic carbocycles. The summed E-state index contributed by atoms with van der Waals surface area (Å²) in [5, 5.41) is 0.761. The summed E-state index contributed by atoms with van der Waals surface area (Å²) in [6.07, 6.45) is 0. The molecule has 0 bridgehead atoms. The van der Waals surface area contributed by atoms with Gasteiger partial charge in [-0.1, -0.05) is 34.8 Å². The summed E-state index contributed by atoms with van der Waals surface area (Å²) < 4.78 is 5.62. The van der Waals surface area contributed by atoms with E-state index < -0.39 is 0 Å². The number of halogens is 4. The van der Waals surface area contributed by atoms with E-state index >= 15 is 0 Å². The van der Waals surface area contributed by atoms with Gasteiger partial charge in [-0.05, 0) is 40.2 Å². The average molecular weight is 354 g/mol. The van der Waals surface area contributed by atoms with E-state index in [1.807, 2.05) is 0 Å². The van der Waals surface area contributed by atoms with E-state index in [1.165, 1.54) is 18.2 Å². The minimum atomic E-state index is -0.387. The van der Waals surface area contributed by atoms with E-state index in [9.17, 15) is 4.79 Å². The van der Waals surface area contributed by atoms with Gasteiger partial charge in [-0.3, -0.25) is 4.79 Å². The molecule has 0 unspecified atom stereocenters. The van der Waals surface area contributed by atoms with E-state index in [0.29, 0.717) is 9.69 Å². The maximum absolute atomic E-state index is 12.1. The third-order valence-corrected chi connectivity index (χ3v) is 3.27. The Balaban J connectivity index is 2.51. The molecule has 2 rings (SSSR count). The molecule has 0 aliphatic heterocycles. The third-order valence-electron chi connectivity index (χ3n) is 2.03. The second kappa shape index (κ2) is 5.02. The van der Waals surface area contributed by atoms with Crippen LogP contribution in [0.1, 0.15) is 16.1 Å². The summed E-state index contributed by atoms with van der Waals surface area (Å²) in [6.45, 7) is 0. The highest BCUT2D eigenvalue weighted by molar-refractivity contribution is 9.10. The van der Waals surface area contributed by atoms with E-state index in [-0.39, 0.29) is 27.2 Å². The molecule has 0 fully saturated rings. The molecule has 2 aromatic rings. The van der Waals surface area contributed by atoms with Crippen molar-refractivity contribution in [2.75, 3.05) is 0 Å². The van der Waals surface area contributed by atoms with E-state index in [0.717, 1.165) is 0 Å². The van der Waals surface area contributed by atoms with Crippen LogP contribution in [-0.4, -0.2) is 5.78 Å². The lowest BCUT2D eigenvalue weighted by Crippen LogP contribution is -2.01. The first-order valence-electron chi connectivity index (χ1n) is 4.43. The first kappa shape index (κ1) is 13.0. The average Bonchev–Trinajstić information content (AvgIpc) is 2.63. The highest BCUT2D eigenvalue weighted by atomic mass is 79.9. The summed E-state index contributed by atoms with van der Waals surface area (Å²) in [6, 6.07) is 6.07. The predicted molar refractivity (Wildman–Crippen MR) is 71.3 cm³/mol. The number of ketones is 1. The zero-order valence-electron chi connectivity index (χ0n) is 8.14. The van der Waals surface area contributed by atoms with Crippen molar-refractivity contribution in [3.63, 3.8) is 0 Å². The number of furan rings is 1. The minimum Gasteiger partial charge on any atom is -0.446 e. The highest BCUT2D eigenvalue weighted by Crippen LogP contribution is 2.31. The molecule has 88 valence electrons. The zero-order chi connectivity index (χ0) is 12.6. The molecular weight excluding hydrogens is 350 g/mol. The standard InChI is InChI=1S/C11H4BrCl3O2/c12-9-2-1-8(17-9)11(16)10-6(14)3-5(13)4-7(10)15/h1-4H.